The van der Waals surface area contributed by atoms with Gasteiger partial charge in [-0.25, -0.2) is 9.37 Å². The Hall–Kier alpha value is -2.43. The molecule has 0 radical (unpaired) electrons. The second-order valence-corrected chi connectivity index (χ2v) is 5.46. The van der Waals surface area contributed by atoms with Crippen molar-refractivity contribution in [1.29, 1.82) is 0 Å². The van der Waals surface area contributed by atoms with Crippen molar-refractivity contribution in [2.24, 2.45) is 0 Å². The molecule has 2 N–H and O–H groups in total. The Morgan fingerprint density at radius 2 is 2.19 bits per heavy atom. The first-order valence-corrected chi connectivity index (χ1v) is 7.11. The number of nitrogens with zero attached hydrogens (tertiary/aromatic N) is 2. The molecule has 3 aromatic rings. The average molecular weight is 282 g/mol. The van der Waals surface area contributed by atoms with E-state index in [2.05, 4.69) is 26.6 Å². The Bertz CT molecular complexity index is 838. The highest BCUT2D eigenvalue weighted by Gasteiger charge is 2.16. The summed E-state index contributed by atoms with van der Waals surface area (Å²) in [7, 11) is 0. The minimum atomic E-state index is -0.359. The van der Waals surface area contributed by atoms with Crippen LogP contribution in [-0.4, -0.2) is 15.2 Å². The summed E-state index contributed by atoms with van der Waals surface area (Å²) < 4.78 is 14.2. The maximum Gasteiger partial charge on any atom is 0.183 e. The predicted octanol–water partition coefficient (Wildman–Crippen LogP) is 3.64. The summed E-state index contributed by atoms with van der Waals surface area (Å²) in [6.45, 7) is 1.85. The number of pyridine rings is 1. The number of hydrogen-bond acceptors (Lipinski definition) is 3. The van der Waals surface area contributed by atoms with Gasteiger partial charge < -0.3 is 5.32 Å². The van der Waals surface area contributed by atoms with Crippen LogP contribution in [0.5, 0.6) is 0 Å². The third-order valence-electron chi connectivity index (χ3n) is 4.09. The minimum absolute atomic E-state index is 0.231. The Balaban J connectivity index is 1.78. The standard InChI is InChI=1S/C16H15FN4/c1-9-12-8-13(17)16(19-15(12)21-20-9)18-14-7-3-5-10-4-2-6-11(10)14/h3,5,7-8H,2,4,6H2,1H3,(H2,18,19,20,21). The van der Waals surface area contributed by atoms with Gasteiger partial charge in [0.25, 0.3) is 0 Å². The predicted molar refractivity (Wildman–Crippen MR) is 80.3 cm³/mol. The first kappa shape index (κ1) is 12.3. The molecule has 5 heteroatoms. The third kappa shape index (κ3) is 1.96. The topological polar surface area (TPSA) is 53.6 Å². The van der Waals surface area contributed by atoms with Gasteiger partial charge in [-0.3, -0.25) is 5.10 Å². The van der Waals surface area contributed by atoms with Crippen molar-refractivity contribution < 1.29 is 4.39 Å². The quantitative estimate of drug-likeness (QED) is 0.754. The monoisotopic (exact) mass is 282 g/mol. The van der Waals surface area contributed by atoms with E-state index >= 15 is 0 Å². The molecule has 0 saturated carbocycles. The molecule has 2 aromatic heterocycles. The molecule has 2 heterocycles. The zero-order valence-electron chi connectivity index (χ0n) is 11.7. The minimum Gasteiger partial charge on any atom is -0.337 e. The first-order valence-electron chi connectivity index (χ1n) is 7.11. The zero-order chi connectivity index (χ0) is 14.4. The third-order valence-corrected chi connectivity index (χ3v) is 4.09. The summed E-state index contributed by atoms with van der Waals surface area (Å²) in [5.41, 5.74) is 4.92. The summed E-state index contributed by atoms with van der Waals surface area (Å²) in [6.07, 6.45) is 3.28. The van der Waals surface area contributed by atoms with Gasteiger partial charge in [0.15, 0.2) is 17.3 Å². The number of fused-ring (bicyclic) bond motifs is 2. The van der Waals surface area contributed by atoms with E-state index in [0.717, 1.165) is 36.0 Å². The van der Waals surface area contributed by atoms with Crippen molar-refractivity contribution in [2.75, 3.05) is 5.32 Å². The molecular formula is C16H15FN4. The fourth-order valence-corrected chi connectivity index (χ4v) is 2.99. The molecule has 21 heavy (non-hydrogen) atoms. The van der Waals surface area contributed by atoms with Crippen molar-refractivity contribution in [3.05, 3.63) is 46.9 Å². The van der Waals surface area contributed by atoms with Crippen LogP contribution >= 0.6 is 0 Å². The fourth-order valence-electron chi connectivity index (χ4n) is 2.99. The number of rotatable bonds is 2. The van der Waals surface area contributed by atoms with Crippen LogP contribution in [0.25, 0.3) is 11.0 Å². The van der Waals surface area contributed by atoms with Gasteiger partial charge in [0.2, 0.25) is 0 Å². The first-order chi connectivity index (χ1) is 10.2. The number of aromatic amines is 1. The highest BCUT2D eigenvalue weighted by atomic mass is 19.1. The second-order valence-electron chi connectivity index (χ2n) is 5.46. The number of aromatic nitrogens is 3. The van der Waals surface area contributed by atoms with Gasteiger partial charge in [-0.2, -0.15) is 5.10 Å². The summed E-state index contributed by atoms with van der Waals surface area (Å²) in [5, 5.41) is 10.8. The number of H-pyrrole nitrogens is 1. The molecule has 0 atom stereocenters. The molecule has 0 unspecified atom stereocenters. The summed E-state index contributed by atoms with van der Waals surface area (Å²) in [5.74, 6) is -0.128. The van der Waals surface area contributed by atoms with Gasteiger partial charge in [0.1, 0.15) is 0 Å². The molecule has 0 aliphatic heterocycles. The van der Waals surface area contributed by atoms with Crippen LogP contribution in [0.1, 0.15) is 23.2 Å². The van der Waals surface area contributed by atoms with Crippen LogP contribution < -0.4 is 5.32 Å². The van der Waals surface area contributed by atoms with Crippen molar-refractivity contribution in [3.8, 4) is 0 Å². The summed E-state index contributed by atoms with van der Waals surface area (Å²) >= 11 is 0. The van der Waals surface area contributed by atoms with E-state index < -0.39 is 0 Å². The Labute approximate surface area is 121 Å². The SMILES string of the molecule is Cc1[nH]nc2nc(Nc3cccc4c3CCC4)c(F)cc12. The van der Waals surface area contributed by atoms with E-state index in [-0.39, 0.29) is 11.6 Å². The van der Waals surface area contributed by atoms with E-state index in [1.165, 1.54) is 17.2 Å². The van der Waals surface area contributed by atoms with Crippen LogP contribution in [-0.2, 0) is 12.8 Å². The van der Waals surface area contributed by atoms with E-state index in [1.807, 2.05) is 19.1 Å². The van der Waals surface area contributed by atoms with Crippen molar-refractivity contribution in [3.63, 3.8) is 0 Å². The van der Waals surface area contributed by atoms with Gasteiger partial charge in [0, 0.05) is 16.8 Å². The molecular weight excluding hydrogens is 267 g/mol. The van der Waals surface area contributed by atoms with Crippen molar-refractivity contribution in [2.45, 2.75) is 26.2 Å². The van der Waals surface area contributed by atoms with Crippen molar-refractivity contribution >= 4 is 22.5 Å². The lowest BCUT2D eigenvalue weighted by molar-refractivity contribution is 0.629. The van der Waals surface area contributed by atoms with Crippen LogP contribution in [0.3, 0.4) is 0 Å². The Morgan fingerprint density at radius 1 is 1.29 bits per heavy atom. The number of hydrogen-bond donors (Lipinski definition) is 2. The molecule has 1 aliphatic rings. The van der Waals surface area contributed by atoms with E-state index in [9.17, 15) is 4.39 Å². The summed E-state index contributed by atoms with van der Waals surface area (Å²) in [6, 6.07) is 7.59. The van der Waals surface area contributed by atoms with Crippen LogP contribution in [0, 0.1) is 12.7 Å². The molecule has 0 spiro atoms. The van der Waals surface area contributed by atoms with E-state index in [4.69, 9.17) is 0 Å². The fraction of sp³-hybridized carbons (Fsp3) is 0.250. The highest BCUT2D eigenvalue weighted by Crippen LogP contribution is 2.31. The highest BCUT2D eigenvalue weighted by molar-refractivity contribution is 5.80. The lowest BCUT2D eigenvalue weighted by Crippen LogP contribution is -2.00. The van der Waals surface area contributed by atoms with Gasteiger partial charge in [-0.15, -0.1) is 0 Å². The number of halogens is 1. The molecule has 4 nitrogen and oxygen atoms in total. The lowest BCUT2D eigenvalue weighted by Gasteiger charge is -2.11. The number of nitrogens with one attached hydrogen (secondary N) is 2. The number of anilines is 2. The van der Waals surface area contributed by atoms with Gasteiger partial charge in [0.05, 0.1) is 0 Å². The summed E-state index contributed by atoms with van der Waals surface area (Å²) in [4.78, 5) is 4.29. The van der Waals surface area contributed by atoms with Crippen LogP contribution in [0.15, 0.2) is 24.3 Å². The molecule has 106 valence electrons. The Morgan fingerprint density at radius 3 is 3.10 bits per heavy atom. The van der Waals surface area contributed by atoms with Crippen LogP contribution in [0.4, 0.5) is 15.9 Å². The largest absolute Gasteiger partial charge is 0.337 e. The second kappa shape index (κ2) is 4.55. The van der Waals surface area contributed by atoms with Crippen LogP contribution in [0.2, 0.25) is 0 Å². The molecule has 0 bridgehead atoms. The maximum atomic E-state index is 14.2. The Kier molecular flexibility index (Phi) is 2.67. The van der Waals surface area contributed by atoms with Gasteiger partial charge >= 0.3 is 0 Å². The molecule has 0 fully saturated rings. The average Bonchev–Trinajstić information content (AvgIpc) is 3.08. The molecule has 0 amide bonds. The molecule has 4 rings (SSSR count). The molecule has 0 saturated heterocycles. The molecule has 1 aromatic carbocycles. The van der Waals surface area contributed by atoms with E-state index in [1.54, 1.807) is 0 Å². The lowest BCUT2D eigenvalue weighted by atomic mass is 10.1. The smallest absolute Gasteiger partial charge is 0.183 e. The van der Waals surface area contributed by atoms with E-state index in [0.29, 0.717) is 5.65 Å². The number of aryl methyl sites for hydroxylation is 2. The van der Waals surface area contributed by atoms with Gasteiger partial charge in [-0.05, 0) is 49.4 Å². The normalized spacial score (nSPS) is 13.6. The number of benzene rings is 1. The molecule has 1 aliphatic carbocycles. The maximum absolute atomic E-state index is 14.2. The zero-order valence-corrected chi connectivity index (χ0v) is 11.7. The van der Waals surface area contributed by atoms with Crippen molar-refractivity contribution in [1.82, 2.24) is 15.2 Å². The van der Waals surface area contributed by atoms with Gasteiger partial charge in [-0.1, -0.05) is 12.1 Å².